The quantitative estimate of drug-likeness (QED) is 0.0349. The normalized spacial score (nSPS) is 12.9. The first kappa shape index (κ1) is 56.0. The van der Waals surface area contributed by atoms with E-state index in [-0.39, 0.29) is 0 Å². The molecule has 8 heteroatoms. The second-order valence-corrected chi connectivity index (χ2v) is 21.3. The highest BCUT2D eigenvalue weighted by Gasteiger charge is 2.31. The number of hydrogen-bond acceptors (Lipinski definition) is 4. The lowest BCUT2D eigenvalue weighted by atomic mass is 10.1. The van der Waals surface area contributed by atoms with Gasteiger partial charge in [-0.05, 0) is 38.5 Å². The predicted octanol–water partition coefficient (Wildman–Crippen LogP) is 14.1. The maximum atomic E-state index is 14.1. The van der Waals surface area contributed by atoms with Gasteiger partial charge in [0.2, 0.25) is 0 Å². The summed E-state index contributed by atoms with van der Waals surface area (Å²) in [6.45, 7) is 13.8. The van der Waals surface area contributed by atoms with Crippen LogP contribution < -0.4 is 0 Å². The van der Waals surface area contributed by atoms with Crippen LogP contribution in [0, 0.1) is 0 Å². The van der Waals surface area contributed by atoms with Gasteiger partial charge in [-0.1, -0.05) is 175 Å². The van der Waals surface area contributed by atoms with Gasteiger partial charge in [0, 0.05) is 0 Å². The zero-order valence-electron chi connectivity index (χ0n) is 40.0. The van der Waals surface area contributed by atoms with Gasteiger partial charge >= 0.3 is 7.82 Å². The van der Waals surface area contributed by atoms with Gasteiger partial charge in [0.05, 0.1) is 61.9 Å². The van der Waals surface area contributed by atoms with Crippen LogP contribution in [0.3, 0.4) is 0 Å². The monoisotopic (exact) mass is 819 g/mol. The van der Waals surface area contributed by atoms with Crippen molar-refractivity contribution >= 4 is 7.82 Å². The third-order valence-corrected chi connectivity index (χ3v) is 13.7. The van der Waals surface area contributed by atoms with Crippen LogP contribution in [0.1, 0.15) is 213 Å². The number of rotatable bonds is 45. The van der Waals surface area contributed by atoms with E-state index in [9.17, 15) is 4.57 Å². The molecule has 0 heterocycles. The molecule has 7 nitrogen and oxygen atoms in total. The number of likely N-dealkylation sites (N-methyl/N-ethyl adjacent to an activating group) is 3. The number of phosphoric ester groups is 1. The van der Waals surface area contributed by atoms with Gasteiger partial charge in [-0.25, -0.2) is 4.57 Å². The molecule has 0 aromatic rings. The number of phosphoric acid groups is 1. The molecule has 0 fully saturated rings. The molecule has 0 aromatic heterocycles. The van der Waals surface area contributed by atoms with Gasteiger partial charge in [0.1, 0.15) is 39.5 Å². The summed E-state index contributed by atoms with van der Waals surface area (Å²) in [5.74, 6) is 0. The molecule has 0 spiro atoms. The highest BCUT2D eigenvalue weighted by atomic mass is 31.2. The topological polar surface area (TPSA) is 44.8 Å². The van der Waals surface area contributed by atoms with Crippen molar-refractivity contribution in [2.45, 2.75) is 213 Å². The Morgan fingerprint density at radius 2 is 0.464 bits per heavy atom. The van der Waals surface area contributed by atoms with Crippen molar-refractivity contribution in [1.29, 1.82) is 0 Å². The minimum Gasteiger partial charge on any atom is -0.327 e. The largest absolute Gasteiger partial charge is 0.475 e. The van der Waals surface area contributed by atoms with Crippen LogP contribution in [-0.4, -0.2) is 115 Å². The lowest BCUT2D eigenvalue weighted by molar-refractivity contribution is -0.891. The van der Waals surface area contributed by atoms with E-state index in [1.54, 1.807) is 0 Å². The number of quaternary nitrogens is 3. The number of hydrogen-bond donors (Lipinski definition) is 0. The third-order valence-electron chi connectivity index (χ3n) is 12.2. The zero-order chi connectivity index (χ0) is 41.7. The highest BCUT2D eigenvalue weighted by molar-refractivity contribution is 7.48. The highest BCUT2D eigenvalue weighted by Crippen LogP contribution is 2.49. The molecule has 0 N–H and O–H groups in total. The molecule has 0 aromatic carbocycles. The van der Waals surface area contributed by atoms with Crippen LogP contribution in [0.2, 0.25) is 0 Å². The minimum atomic E-state index is -3.67. The molecule has 0 rings (SSSR count). The third kappa shape index (κ3) is 38.2. The van der Waals surface area contributed by atoms with Crippen molar-refractivity contribution in [2.75, 3.05) is 101 Å². The average Bonchev–Trinajstić information content (AvgIpc) is 3.13. The smallest absolute Gasteiger partial charge is 0.327 e. The van der Waals surface area contributed by atoms with Crippen molar-refractivity contribution in [3.8, 4) is 0 Å². The Morgan fingerprint density at radius 1 is 0.286 bits per heavy atom. The van der Waals surface area contributed by atoms with Gasteiger partial charge in [-0.3, -0.25) is 13.6 Å². The summed E-state index contributed by atoms with van der Waals surface area (Å²) in [7, 11) is 9.94. The van der Waals surface area contributed by atoms with Crippen LogP contribution in [-0.2, 0) is 18.1 Å². The fourth-order valence-electron chi connectivity index (χ4n) is 7.73. The Kier molecular flexibility index (Phi) is 36.8. The van der Waals surface area contributed by atoms with Crippen LogP contribution in [0.5, 0.6) is 0 Å². The average molecular weight is 819 g/mol. The fraction of sp³-hybridized carbons (Fsp3) is 1.00. The summed E-state index contributed by atoms with van der Waals surface area (Å²) < 4.78 is 35.0. The molecule has 56 heavy (non-hydrogen) atoms. The Morgan fingerprint density at radius 3 is 0.661 bits per heavy atom. The van der Waals surface area contributed by atoms with Gasteiger partial charge in [0.15, 0.2) is 0 Å². The van der Waals surface area contributed by atoms with Crippen LogP contribution >= 0.6 is 7.82 Å². The van der Waals surface area contributed by atoms with Gasteiger partial charge in [-0.15, -0.1) is 0 Å². The summed E-state index contributed by atoms with van der Waals surface area (Å²) in [4.78, 5) is 0. The van der Waals surface area contributed by atoms with E-state index >= 15 is 0 Å². The summed E-state index contributed by atoms with van der Waals surface area (Å²) in [6.07, 6.45) is 40.6. The van der Waals surface area contributed by atoms with E-state index < -0.39 is 7.82 Å². The van der Waals surface area contributed by atoms with Crippen molar-refractivity contribution < 1.29 is 31.6 Å². The second kappa shape index (κ2) is 36.8. The molecule has 0 saturated heterocycles. The Hall–Kier alpha value is -0.0100. The molecule has 0 amide bonds. The Balaban J connectivity index is 4.78. The van der Waals surface area contributed by atoms with E-state index in [4.69, 9.17) is 13.6 Å². The van der Waals surface area contributed by atoms with E-state index in [0.717, 1.165) is 52.7 Å². The molecule has 0 unspecified atom stereocenters. The Bertz CT molecular complexity index is 775. The van der Waals surface area contributed by atoms with Crippen LogP contribution in [0.15, 0.2) is 0 Å². The predicted molar refractivity (Wildman–Crippen MR) is 247 cm³/mol. The number of unbranched alkanes of at least 4 members (excludes halogenated alkanes) is 27. The zero-order valence-corrected chi connectivity index (χ0v) is 40.9. The standard InChI is InChI=1S/C48H105N3O4P/c1-10-13-16-19-22-25-28-31-34-37-40-49(4,5)43-46-53-56(52,54-47-44-50(6,7)41-38-35-32-29-26-23-20-17-14-11-2)55-48-45-51(8,9)42-39-36-33-30-27-24-21-18-15-12-3/h10-48H2,1-9H3/q+3. The molecule has 338 valence electrons. The van der Waals surface area contributed by atoms with Crippen molar-refractivity contribution in [2.24, 2.45) is 0 Å². The molecule has 0 aliphatic rings. The van der Waals surface area contributed by atoms with E-state index in [1.807, 2.05) is 0 Å². The van der Waals surface area contributed by atoms with E-state index in [2.05, 4.69) is 63.1 Å². The first-order chi connectivity index (χ1) is 26.8. The van der Waals surface area contributed by atoms with Crippen molar-refractivity contribution in [3.05, 3.63) is 0 Å². The van der Waals surface area contributed by atoms with E-state index in [1.165, 1.54) is 193 Å². The van der Waals surface area contributed by atoms with E-state index in [0.29, 0.717) is 19.8 Å². The lowest BCUT2D eigenvalue weighted by Crippen LogP contribution is -2.44. The molecule has 0 aliphatic heterocycles. The molecular formula is C48H105N3O4P+3. The van der Waals surface area contributed by atoms with Crippen LogP contribution in [0.4, 0.5) is 0 Å². The number of nitrogens with zero attached hydrogens (tertiary/aromatic N) is 3. The van der Waals surface area contributed by atoms with Crippen LogP contribution in [0.25, 0.3) is 0 Å². The molecular weight excluding hydrogens is 714 g/mol. The first-order valence-corrected chi connectivity index (χ1v) is 26.3. The van der Waals surface area contributed by atoms with Gasteiger partial charge in [-0.2, -0.15) is 0 Å². The summed E-state index contributed by atoms with van der Waals surface area (Å²) >= 11 is 0. The summed E-state index contributed by atoms with van der Waals surface area (Å²) in [6, 6.07) is 0. The van der Waals surface area contributed by atoms with Crippen molar-refractivity contribution in [3.63, 3.8) is 0 Å². The Labute approximate surface area is 353 Å². The molecule has 0 bridgehead atoms. The second-order valence-electron chi connectivity index (χ2n) is 19.6. The SMILES string of the molecule is CCCCCCCCCCCC[N+](C)(C)CCOP(=O)(OCC[N+](C)(C)CCCCCCCCCCCC)OCC[N+](C)(C)CCCCCCCCCCCC. The summed E-state index contributed by atoms with van der Waals surface area (Å²) in [5.41, 5.74) is 0. The summed E-state index contributed by atoms with van der Waals surface area (Å²) in [5, 5.41) is 0. The lowest BCUT2D eigenvalue weighted by Gasteiger charge is -2.32. The minimum absolute atomic E-state index is 0.385. The molecule has 0 radical (unpaired) electrons. The van der Waals surface area contributed by atoms with Gasteiger partial charge < -0.3 is 13.4 Å². The fourth-order valence-corrected chi connectivity index (χ4v) is 8.87. The first-order valence-electron chi connectivity index (χ1n) is 24.8. The molecule has 0 saturated carbocycles. The van der Waals surface area contributed by atoms with Gasteiger partial charge in [0.25, 0.3) is 0 Å². The van der Waals surface area contributed by atoms with Crippen molar-refractivity contribution in [1.82, 2.24) is 0 Å². The maximum absolute atomic E-state index is 14.1. The molecule has 0 atom stereocenters. The maximum Gasteiger partial charge on any atom is 0.475 e. The molecule has 0 aliphatic carbocycles.